The number of ether oxygens (including phenoxy) is 2. The minimum atomic E-state index is 0.0402. The first-order valence-corrected chi connectivity index (χ1v) is 11.4. The van der Waals surface area contributed by atoms with E-state index < -0.39 is 0 Å². The van der Waals surface area contributed by atoms with E-state index in [2.05, 4.69) is 17.0 Å². The second-order valence-corrected chi connectivity index (χ2v) is 8.97. The molecule has 0 atom stereocenters. The highest BCUT2D eigenvalue weighted by Gasteiger charge is 2.34. The van der Waals surface area contributed by atoms with Gasteiger partial charge in [-0.1, -0.05) is 12.1 Å². The van der Waals surface area contributed by atoms with Crippen LogP contribution in [0.2, 0.25) is 0 Å². The van der Waals surface area contributed by atoms with Crippen molar-refractivity contribution in [3.63, 3.8) is 0 Å². The Bertz CT molecular complexity index is 744. The van der Waals surface area contributed by atoms with E-state index in [-0.39, 0.29) is 5.91 Å². The number of carbonyl (C=O) groups excluding carboxylic acids is 1. The average Bonchev–Trinajstić information content (AvgIpc) is 3.50. The Hall–Kier alpha value is -1.85. The molecule has 5 rings (SSSR count). The summed E-state index contributed by atoms with van der Waals surface area (Å²) in [5.41, 5.74) is 1.38. The van der Waals surface area contributed by atoms with Crippen molar-refractivity contribution in [1.29, 1.82) is 0 Å². The van der Waals surface area contributed by atoms with Gasteiger partial charge in [-0.15, -0.1) is 0 Å². The second kappa shape index (κ2) is 8.49. The molecule has 2 heterocycles. The van der Waals surface area contributed by atoms with Crippen molar-refractivity contribution in [2.45, 2.75) is 63.0 Å². The highest BCUT2D eigenvalue weighted by Crippen LogP contribution is 2.40. The molecule has 5 nitrogen and oxygen atoms in total. The molecule has 0 unspecified atom stereocenters. The average molecular weight is 397 g/mol. The van der Waals surface area contributed by atoms with Crippen LogP contribution in [0.1, 0.15) is 56.4 Å². The maximum absolute atomic E-state index is 12.9. The van der Waals surface area contributed by atoms with Gasteiger partial charge in [-0.3, -0.25) is 4.79 Å². The van der Waals surface area contributed by atoms with E-state index in [1.165, 1.54) is 37.9 Å². The summed E-state index contributed by atoms with van der Waals surface area (Å²) in [6, 6.07) is 8.56. The summed E-state index contributed by atoms with van der Waals surface area (Å²) in [5, 5.41) is 0. The van der Waals surface area contributed by atoms with Crippen molar-refractivity contribution in [2.24, 2.45) is 0 Å². The van der Waals surface area contributed by atoms with Gasteiger partial charge in [0.2, 0.25) is 0 Å². The minimum Gasteiger partial charge on any atom is -0.452 e. The molecule has 0 spiro atoms. The van der Waals surface area contributed by atoms with Crippen LogP contribution in [0.3, 0.4) is 0 Å². The molecule has 0 aromatic heterocycles. The molecular weight excluding hydrogens is 364 g/mol. The molecule has 0 bridgehead atoms. The highest BCUT2D eigenvalue weighted by atomic mass is 16.5. The molecule has 2 saturated carbocycles. The molecule has 2 aliphatic heterocycles. The van der Waals surface area contributed by atoms with Gasteiger partial charge in [0.05, 0.1) is 12.7 Å². The molecule has 156 valence electrons. The third kappa shape index (κ3) is 4.51. The van der Waals surface area contributed by atoms with Crippen molar-refractivity contribution in [2.75, 3.05) is 32.8 Å². The monoisotopic (exact) mass is 396 g/mol. The fourth-order valence-electron chi connectivity index (χ4n) is 4.72. The molecule has 29 heavy (non-hydrogen) atoms. The van der Waals surface area contributed by atoms with Crippen LogP contribution >= 0.6 is 0 Å². The van der Waals surface area contributed by atoms with Gasteiger partial charge in [-0.2, -0.15) is 0 Å². The summed E-state index contributed by atoms with van der Waals surface area (Å²) in [5.74, 6) is 2.02. The maximum atomic E-state index is 12.9. The van der Waals surface area contributed by atoms with E-state index >= 15 is 0 Å². The lowest BCUT2D eigenvalue weighted by Gasteiger charge is -2.35. The predicted octanol–water partition coefficient (Wildman–Crippen LogP) is 3.70. The maximum Gasteiger partial charge on any atom is 0.289 e. The van der Waals surface area contributed by atoms with Crippen LogP contribution in [0.15, 0.2) is 36.1 Å². The van der Waals surface area contributed by atoms with E-state index in [1.54, 1.807) is 0 Å². The number of hydrogen-bond donors (Lipinski definition) is 0. The lowest BCUT2D eigenvalue weighted by atomic mass is 9.92. The number of hydrogen-bond acceptors (Lipinski definition) is 4. The van der Waals surface area contributed by atoms with Crippen molar-refractivity contribution in [3.8, 4) is 5.75 Å². The van der Waals surface area contributed by atoms with Crippen molar-refractivity contribution in [3.05, 3.63) is 41.7 Å². The number of rotatable bonds is 8. The van der Waals surface area contributed by atoms with E-state index in [0.29, 0.717) is 24.4 Å². The van der Waals surface area contributed by atoms with Crippen LogP contribution in [-0.4, -0.2) is 60.6 Å². The Kier molecular flexibility index (Phi) is 5.60. The second-order valence-electron chi connectivity index (χ2n) is 8.97. The molecule has 0 radical (unpaired) electrons. The molecule has 1 saturated heterocycles. The largest absolute Gasteiger partial charge is 0.452 e. The normalized spacial score (nSPS) is 27.7. The first kappa shape index (κ1) is 19.1. The van der Waals surface area contributed by atoms with Gasteiger partial charge in [0, 0.05) is 19.1 Å². The Morgan fingerprint density at radius 3 is 2.38 bits per heavy atom. The van der Waals surface area contributed by atoms with Gasteiger partial charge in [0.1, 0.15) is 5.75 Å². The fourth-order valence-corrected chi connectivity index (χ4v) is 4.72. The Labute approximate surface area is 173 Å². The summed E-state index contributed by atoms with van der Waals surface area (Å²) in [6.45, 7) is 5.04. The fraction of sp³-hybridized carbons (Fsp3) is 0.625. The van der Waals surface area contributed by atoms with Crippen molar-refractivity contribution in [1.82, 2.24) is 9.80 Å². The van der Waals surface area contributed by atoms with E-state index in [4.69, 9.17) is 9.47 Å². The Morgan fingerprint density at radius 2 is 1.72 bits per heavy atom. The van der Waals surface area contributed by atoms with Crippen LogP contribution in [0.4, 0.5) is 0 Å². The topological polar surface area (TPSA) is 42.0 Å². The van der Waals surface area contributed by atoms with Gasteiger partial charge in [-0.25, -0.2) is 0 Å². The standard InChI is InChI=1S/C24H32N2O3/c27-24-23(29-22-8-4-19(5-9-22)18-2-3-18)12-15-26(24)20-6-10-21(11-7-20)28-17-16-25-13-1-14-25/h4-5,8-9,12,18,20-21H,1-3,6-7,10-11,13-17H2. The van der Waals surface area contributed by atoms with Crippen LogP contribution in [-0.2, 0) is 9.53 Å². The van der Waals surface area contributed by atoms with Gasteiger partial charge >= 0.3 is 0 Å². The zero-order chi connectivity index (χ0) is 19.6. The van der Waals surface area contributed by atoms with Crippen molar-refractivity contribution < 1.29 is 14.3 Å². The minimum absolute atomic E-state index is 0.0402. The van der Waals surface area contributed by atoms with Gasteiger partial charge in [0.15, 0.2) is 5.76 Å². The first-order chi connectivity index (χ1) is 14.3. The Morgan fingerprint density at radius 1 is 0.966 bits per heavy atom. The quantitative estimate of drug-likeness (QED) is 0.672. The van der Waals surface area contributed by atoms with Crippen LogP contribution in [0, 0.1) is 0 Å². The highest BCUT2D eigenvalue weighted by molar-refractivity contribution is 5.94. The molecule has 2 aliphatic carbocycles. The number of benzene rings is 1. The molecule has 1 aromatic rings. The van der Waals surface area contributed by atoms with Crippen molar-refractivity contribution >= 4 is 5.91 Å². The van der Waals surface area contributed by atoms with Gasteiger partial charge < -0.3 is 19.3 Å². The zero-order valence-corrected chi connectivity index (χ0v) is 17.2. The van der Waals surface area contributed by atoms with Crippen LogP contribution in [0.5, 0.6) is 5.75 Å². The molecule has 5 heteroatoms. The SMILES string of the molecule is O=C1C(Oc2ccc(C3CC3)cc2)=CCN1C1CCC(OCCN2CCC2)CC1. The third-order valence-electron chi connectivity index (χ3n) is 6.90. The Balaban J connectivity index is 1.06. The number of nitrogens with zero attached hydrogens (tertiary/aromatic N) is 2. The lowest BCUT2D eigenvalue weighted by molar-refractivity contribution is -0.130. The van der Waals surface area contributed by atoms with Gasteiger partial charge in [-0.05, 0) is 87.7 Å². The van der Waals surface area contributed by atoms with Crippen LogP contribution in [0.25, 0.3) is 0 Å². The van der Waals surface area contributed by atoms with Crippen LogP contribution < -0.4 is 4.74 Å². The van der Waals surface area contributed by atoms with E-state index in [0.717, 1.165) is 50.5 Å². The summed E-state index contributed by atoms with van der Waals surface area (Å²) in [4.78, 5) is 17.3. The molecule has 1 aromatic carbocycles. The molecule has 0 N–H and O–H groups in total. The predicted molar refractivity (Wildman–Crippen MR) is 112 cm³/mol. The summed E-state index contributed by atoms with van der Waals surface area (Å²) in [6.07, 6.45) is 10.4. The first-order valence-electron chi connectivity index (χ1n) is 11.4. The number of carbonyl (C=O) groups is 1. The lowest BCUT2D eigenvalue weighted by Crippen LogP contribution is -2.42. The smallest absolute Gasteiger partial charge is 0.289 e. The summed E-state index contributed by atoms with van der Waals surface area (Å²) >= 11 is 0. The number of likely N-dealkylation sites (tertiary alicyclic amines) is 1. The number of amides is 1. The molecule has 1 amide bonds. The summed E-state index contributed by atoms with van der Waals surface area (Å²) < 4.78 is 12.0. The third-order valence-corrected chi connectivity index (χ3v) is 6.90. The molecule has 4 aliphatic rings. The molecule has 3 fully saturated rings. The van der Waals surface area contributed by atoms with E-state index in [9.17, 15) is 4.79 Å². The van der Waals surface area contributed by atoms with E-state index in [1.807, 2.05) is 23.1 Å². The zero-order valence-electron chi connectivity index (χ0n) is 17.2. The molecular formula is C24H32N2O3. The summed E-state index contributed by atoms with van der Waals surface area (Å²) in [7, 11) is 0. The van der Waals surface area contributed by atoms with Gasteiger partial charge in [0.25, 0.3) is 5.91 Å².